The van der Waals surface area contributed by atoms with Crippen LogP contribution >= 0.6 is 0 Å². The van der Waals surface area contributed by atoms with Gasteiger partial charge in [-0.15, -0.1) is 0 Å². The molecule has 5 heteroatoms. The number of ether oxygens (including phenoxy) is 2. The molecule has 2 saturated heterocycles. The van der Waals surface area contributed by atoms with Crippen molar-refractivity contribution in [1.82, 2.24) is 4.90 Å². The lowest BCUT2D eigenvalue weighted by Crippen LogP contribution is -2.58. The van der Waals surface area contributed by atoms with Crippen LogP contribution in [0.5, 0.6) is 0 Å². The van der Waals surface area contributed by atoms with E-state index in [1.807, 2.05) is 11.8 Å². The van der Waals surface area contributed by atoms with Gasteiger partial charge in [0.25, 0.3) is 5.91 Å². The molecule has 1 saturated carbocycles. The van der Waals surface area contributed by atoms with Crippen molar-refractivity contribution in [3.05, 3.63) is 23.7 Å². The molecule has 2 aliphatic heterocycles. The van der Waals surface area contributed by atoms with Crippen LogP contribution in [0, 0.1) is 18.3 Å². The minimum absolute atomic E-state index is 0.0481. The maximum absolute atomic E-state index is 12.9. The molecular formula is C20H29NO4. The first-order chi connectivity index (χ1) is 12.2. The summed E-state index contributed by atoms with van der Waals surface area (Å²) in [6.07, 6.45) is 8.79. The number of piperidine rings is 1. The molecule has 0 radical (unpaired) electrons. The van der Waals surface area contributed by atoms with Gasteiger partial charge in [-0.1, -0.05) is 6.42 Å². The van der Waals surface area contributed by atoms with E-state index < -0.39 is 0 Å². The Balaban J connectivity index is 1.45. The van der Waals surface area contributed by atoms with Crippen LogP contribution in [0.3, 0.4) is 0 Å². The van der Waals surface area contributed by atoms with Crippen molar-refractivity contribution >= 4 is 5.91 Å². The molecule has 0 aromatic carbocycles. The summed E-state index contributed by atoms with van der Waals surface area (Å²) in [5, 5.41) is 0. The van der Waals surface area contributed by atoms with Crippen molar-refractivity contribution in [2.75, 3.05) is 32.9 Å². The summed E-state index contributed by atoms with van der Waals surface area (Å²) in [4.78, 5) is 14.9. The average molecular weight is 347 g/mol. The second kappa shape index (κ2) is 7.12. The van der Waals surface area contributed by atoms with Gasteiger partial charge in [0.15, 0.2) is 0 Å². The number of fused-ring (bicyclic) bond motifs is 1. The van der Waals surface area contributed by atoms with Crippen LogP contribution in [-0.2, 0) is 9.47 Å². The minimum atomic E-state index is -0.0481. The molecule has 1 aliphatic carbocycles. The summed E-state index contributed by atoms with van der Waals surface area (Å²) >= 11 is 0. The van der Waals surface area contributed by atoms with Gasteiger partial charge in [0, 0.05) is 31.7 Å². The molecule has 25 heavy (non-hydrogen) atoms. The quantitative estimate of drug-likeness (QED) is 0.819. The summed E-state index contributed by atoms with van der Waals surface area (Å²) in [6, 6.07) is 1.78. The number of carbonyl (C=O) groups excluding carboxylic acids is 1. The average Bonchev–Trinajstić information content (AvgIpc) is 3.02. The summed E-state index contributed by atoms with van der Waals surface area (Å²) in [5.41, 5.74) is 0.633. The van der Waals surface area contributed by atoms with Crippen molar-refractivity contribution in [3.8, 4) is 0 Å². The second-order valence-electron chi connectivity index (χ2n) is 8.04. The number of hydrogen-bond acceptors (Lipinski definition) is 4. The van der Waals surface area contributed by atoms with E-state index in [-0.39, 0.29) is 17.4 Å². The van der Waals surface area contributed by atoms with E-state index in [4.69, 9.17) is 13.9 Å². The molecule has 0 unspecified atom stereocenters. The van der Waals surface area contributed by atoms with Crippen molar-refractivity contribution in [1.29, 1.82) is 0 Å². The maximum Gasteiger partial charge on any atom is 0.257 e. The first kappa shape index (κ1) is 17.1. The minimum Gasteiger partial charge on any atom is -0.469 e. The van der Waals surface area contributed by atoms with Crippen LogP contribution in [-0.4, -0.2) is 49.8 Å². The Kier molecular flexibility index (Phi) is 4.87. The zero-order chi connectivity index (χ0) is 17.3. The molecule has 5 nitrogen and oxygen atoms in total. The SMILES string of the molecule is Cc1occc1C(=O)N1CC[C@@H]2OCCC[C@]2(COCC2CCC2)C1. The van der Waals surface area contributed by atoms with E-state index in [1.165, 1.54) is 19.3 Å². The summed E-state index contributed by atoms with van der Waals surface area (Å²) in [5.74, 6) is 1.52. The molecule has 0 bridgehead atoms. The van der Waals surface area contributed by atoms with Gasteiger partial charge < -0.3 is 18.8 Å². The zero-order valence-corrected chi connectivity index (χ0v) is 15.2. The summed E-state index contributed by atoms with van der Waals surface area (Å²) in [7, 11) is 0. The predicted molar refractivity (Wildman–Crippen MR) is 93.5 cm³/mol. The highest BCUT2D eigenvalue weighted by Crippen LogP contribution is 2.41. The van der Waals surface area contributed by atoms with Gasteiger partial charge in [0.2, 0.25) is 0 Å². The fourth-order valence-electron chi connectivity index (χ4n) is 4.54. The molecule has 1 aromatic rings. The number of likely N-dealkylation sites (tertiary alicyclic amines) is 1. The molecule has 2 atom stereocenters. The van der Waals surface area contributed by atoms with E-state index in [1.54, 1.807) is 12.3 Å². The number of carbonyl (C=O) groups is 1. The standard InChI is InChI=1S/C20H29NO4/c1-15-17(7-11-24-15)19(22)21-9-6-18-20(13-21,8-3-10-25-18)14-23-12-16-4-2-5-16/h7,11,16,18H,2-6,8-10,12-14H2,1H3/t18-,20+/m0/s1. The largest absolute Gasteiger partial charge is 0.469 e. The van der Waals surface area contributed by atoms with E-state index >= 15 is 0 Å². The fourth-order valence-corrected chi connectivity index (χ4v) is 4.54. The van der Waals surface area contributed by atoms with E-state index in [0.29, 0.717) is 17.9 Å². The monoisotopic (exact) mass is 347 g/mol. The molecule has 0 N–H and O–H groups in total. The zero-order valence-electron chi connectivity index (χ0n) is 15.2. The predicted octanol–water partition coefficient (Wildman–Crippen LogP) is 3.42. The van der Waals surface area contributed by atoms with Crippen LogP contribution in [0.1, 0.15) is 54.6 Å². The normalized spacial score (nSPS) is 30.0. The summed E-state index contributed by atoms with van der Waals surface area (Å²) < 4.78 is 17.6. The first-order valence-electron chi connectivity index (χ1n) is 9.71. The lowest BCUT2D eigenvalue weighted by molar-refractivity contribution is -0.150. The van der Waals surface area contributed by atoms with Gasteiger partial charge in [0.05, 0.1) is 24.5 Å². The molecule has 4 rings (SSSR count). The molecule has 3 aliphatic rings. The number of aryl methyl sites for hydroxylation is 1. The lowest BCUT2D eigenvalue weighted by Gasteiger charge is -2.50. The Labute approximate surface area is 149 Å². The molecule has 1 amide bonds. The number of rotatable bonds is 5. The second-order valence-corrected chi connectivity index (χ2v) is 8.04. The fraction of sp³-hybridized carbons (Fsp3) is 0.750. The Morgan fingerprint density at radius 2 is 2.24 bits per heavy atom. The van der Waals surface area contributed by atoms with Gasteiger partial charge in [-0.05, 0) is 51.0 Å². The maximum atomic E-state index is 12.9. The highest BCUT2D eigenvalue weighted by molar-refractivity contribution is 5.95. The van der Waals surface area contributed by atoms with Crippen LogP contribution in [0.15, 0.2) is 16.7 Å². The summed E-state index contributed by atoms with van der Waals surface area (Å²) in [6.45, 7) is 5.74. The number of amides is 1. The smallest absolute Gasteiger partial charge is 0.257 e. The Hall–Kier alpha value is -1.33. The van der Waals surface area contributed by atoms with Crippen molar-refractivity contribution < 1.29 is 18.7 Å². The highest BCUT2D eigenvalue weighted by atomic mass is 16.5. The van der Waals surface area contributed by atoms with Gasteiger partial charge in [-0.3, -0.25) is 4.79 Å². The molecule has 1 aromatic heterocycles. The van der Waals surface area contributed by atoms with Crippen LogP contribution in [0.2, 0.25) is 0 Å². The van der Waals surface area contributed by atoms with Crippen molar-refractivity contribution in [2.24, 2.45) is 11.3 Å². The van der Waals surface area contributed by atoms with E-state index in [9.17, 15) is 4.79 Å². The van der Waals surface area contributed by atoms with Crippen molar-refractivity contribution in [2.45, 2.75) is 51.6 Å². The molecular weight excluding hydrogens is 318 g/mol. The van der Waals surface area contributed by atoms with Gasteiger partial charge in [-0.2, -0.15) is 0 Å². The number of hydrogen-bond donors (Lipinski definition) is 0. The molecule has 3 heterocycles. The molecule has 0 spiro atoms. The first-order valence-corrected chi connectivity index (χ1v) is 9.71. The van der Waals surface area contributed by atoms with Crippen LogP contribution in [0.4, 0.5) is 0 Å². The third-order valence-corrected chi connectivity index (χ3v) is 6.33. The number of nitrogens with zero attached hydrogens (tertiary/aromatic N) is 1. The Morgan fingerprint density at radius 3 is 2.96 bits per heavy atom. The van der Waals surface area contributed by atoms with Gasteiger partial charge in [-0.25, -0.2) is 0 Å². The topological polar surface area (TPSA) is 51.9 Å². The van der Waals surface area contributed by atoms with Gasteiger partial charge in [0.1, 0.15) is 5.76 Å². The third-order valence-electron chi connectivity index (χ3n) is 6.33. The highest BCUT2D eigenvalue weighted by Gasteiger charge is 2.47. The lowest BCUT2D eigenvalue weighted by atomic mass is 9.72. The Bertz CT molecular complexity index is 609. The molecule has 138 valence electrons. The van der Waals surface area contributed by atoms with E-state index in [0.717, 1.165) is 51.5 Å². The van der Waals surface area contributed by atoms with E-state index in [2.05, 4.69) is 0 Å². The van der Waals surface area contributed by atoms with Gasteiger partial charge >= 0.3 is 0 Å². The van der Waals surface area contributed by atoms with Crippen molar-refractivity contribution in [3.63, 3.8) is 0 Å². The Morgan fingerprint density at radius 1 is 1.36 bits per heavy atom. The molecule has 3 fully saturated rings. The van der Waals surface area contributed by atoms with Crippen LogP contribution in [0.25, 0.3) is 0 Å². The number of furan rings is 1. The third kappa shape index (κ3) is 3.36. The van der Waals surface area contributed by atoms with Crippen LogP contribution < -0.4 is 0 Å².